The van der Waals surface area contributed by atoms with Crippen LogP contribution in [0.2, 0.25) is 0 Å². The van der Waals surface area contributed by atoms with E-state index in [-0.39, 0.29) is 0 Å². The first kappa shape index (κ1) is 19.2. The van der Waals surface area contributed by atoms with E-state index in [1.165, 1.54) is 25.3 Å². The zero-order valence-corrected chi connectivity index (χ0v) is 15.7. The maximum Gasteiger partial charge on any atom is 0.417 e. The fraction of sp³-hybridized carbons (Fsp3) is 0.667. The number of thiocarbonyl (C=S) groups is 1. The van der Waals surface area contributed by atoms with Gasteiger partial charge >= 0.3 is 6.18 Å². The molecule has 4 nitrogen and oxygen atoms in total. The van der Waals surface area contributed by atoms with Crippen LogP contribution in [0, 0.1) is 5.92 Å². The maximum absolute atomic E-state index is 12.6. The van der Waals surface area contributed by atoms with Crippen LogP contribution in [-0.4, -0.2) is 47.2 Å². The van der Waals surface area contributed by atoms with Gasteiger partial charge in [0.1, 0.15) is 5.82 Å². The Hall–Kier alpha value is -1.57. The van der Waals surface area contributed by atoms with Gasteiger partial charge in [0.15, 0.2) is 5.11 Å². The number of pyridine rings is 1. The van der Waals surface area contributed by atoms with Crippen LogP contribution in [0.3, 0.4) is 0 Å². The third-order valence-corrected chi connectivity index (χ3v) is 5.76. The van der Waals surface area contributed by atoms with Crippen LogP contribution in [0.4, 0.5) is 19.0 Å². The normalized spacial score (nSPS) is 24.5. The summed E-state index contributed by atoms with van der Waals surface area (Å²) in [6, 6.07) is 2.98. The predicted octanol–water partition coefficient (Wildman–Crippen LogP) is 3.68. The van der Waals surface area contributed by atoms with Crippen molar-refractivity contribution in [3.63, 3.8) is 0 Å². The number of piperazine rings is 1. The highest BCUT2D eigenvalue weighted by Gasteiger charge is 2.31. The molecule has 8 heteroatoms. The van der Waals surface area contributed by atoms with Crippen molar-refractivity contribution < 1.29 is 13.2 Å². The molecule has 26 heavy (non-hydrogen) atoms. The van der Waals surface area contributed by atoms with Gasteiger partial charge in [0.2, 0.25) is 0 Å². The Bertz CT molecular complexity index is 612. The van der Waals surface area contributed by atoms with Gasteiger partial charge in [-0.05, 0) is 43.1 Å². The summed E-state index contributed by atoms with van der Waals surface area (Å²) < 4.78 is 37.9. The van der Waals surface area contributed by atoms with Gasteiger partial charge in [-0.15, -0.1) is 0 Å². The number of nitrogens with one attached hydrogen (secondary N) is 1. The molecule has 3 rings (SSSR count). The topological polar surface area (TPSA) is 31.4 Å². The highest BCUT2D eigenvalue weighted by Crippen LogP contribution is 2.29. The summed E-state index contributed by atoms with van der Waals surface area (Å²) in [5.41, 5.74) is -0.716. The summed E-state index contributed by atoms with van der Waals surface area (Å²) in [6.07, 6.45) is 1.50. The molecule has 1 saturated carbocycles. The second-order valence-electron chi connectivity index (χ2n) is 7.19. The van der Waals surface area contributed by atoms with Gasteiger partial charge in [0.25, 0.3) is 0 Å². The van der Waals surface area contributed by atoms with Gasteiger partial charge in [-0.2, -0.15) is 13.2 Å². The van der Waals surface area contributed by atoms with Crippen molar-refractivity contribution in [1.29, 1.82) is 0 Å². The molecule has 0 radical (unpaired) electrons. The molecular formula is C18H25F3N4S. The van der Waals surface area contributed by atoms with Crippen LogP contribution < -0.4 is 10.2 Å². The highest BCUT2D eigenvalue weighted by molar-refractivity contribution is 7.80. The van der Waals surface area contributed by atoms with Gasteiger partial charge in [0, 0.05) is 38.4 Å². The van der Waals surface area contributed by atoms with Crippen LogP contribution in [-0.2, 0) is 6.18 Å². The molecule has 0 bridgehead atoms. The van der Waals surface area contributed by atoms with Gasteiger partial charge in [0.05, 0.1) is 5.56 Å². The van der Waals surface area contributed by atoms with Gasteiger partial charge in [-0.1, -0.05) is 19.8 Å². The third kappa shape index (κ3) is 4.58. The second-order valence-corrected chi connectivity index (χ2v) is 7.58. The summed E-state index contributed by atoms with van der Waals surface area (Å²) in [6.45, 7) is 5.15. The third-order valence-electron chi connectivity index (χ3n) is 5.39. The smallest absolute Gasteiger partial charge is 0.360 e. The SMILES string of the molecule is C[C@@H]1CCCC[C@@H]1NC(=S)N1CCN(c2ccc(C(F)(F)F)cn2)CC1. The van der Waals surface area contributed by atoms with E-state index in [1.807, 2.05) is 4.90 Å². The van der Waals surface area contributed by atoms with Crippen molar-refractivity contribution >= 4 is 23.1 Å². The quantitative estimate of drug-likeness (QED) is 0.784. The van der Waals surface area contributed by atoms with E-state index in [2.05, 4.69) is 22.1 Å². The number of rotatable bonds is 2. The molecule has 2 heterocycles. The summed E-state index contributed by atoms with van der Waals surface area (Å²) in [4.78, 5) is 8.13. The van der Waals surface area contributed by atoms with E-state index < -0.39 is 11.7 Å². The fourth-order valence-corrected chi connectivity index (χ4v) is 3.99. The Labute approximate surface area is 157 Å². The van der Waals surface area contributed by atoms with E-state index in [0.717, 1.165) is 36.9 Å². The molecular weight excluding hydrogens is 361 g/mol. The second kappa shape index (κ2) is 7.98. The van der Waals surface area contributed by atoms with Crippen LogP contribution in [0.5, 0.6) is 0 Å². The molecule has 1 N–H and O–H groups in total. The summed E-state index contributed by atoms with van der Waals surface area (Å²) in [7, 11) is 0. The number of aromatic nitrogens is 1. The predicted molar refractivity (Wildman–Crippen MR) is 100 cm³/mol. The summed E-state index contributed by atoms with van der Waals surface area (Å²) in [5, 5.41) is 4.31. The van der Waals surface area contributed by atoms with Crippen LogP contribution in [0.25, 0.3) is 0 Å². The number of hydrogen-bond donors (Lipinski definition) is 1. The monoisotopic (exact) mass is 386 g/mol. The Morgan fingerprint density at radius 3 is 2.42 bits per heavy atom. The molecule has 2 fully saturated rings. The van der Waals surface area contributed by atoms with E-state index in [4.69, 9.17) is 12.2 Å². The van der Waals surface area contributed by atoms with Crippen LogP contribution >= 0.6 is 12.2 Å². The molecule has 1 aromatic rings. The summed E-state index contributed by atoms with van der Waals surface area (Å²) in [5.74, 6) is 1.22. The minimum Gasteiger partial charge on any atom is -0.360 e. The number of nitrogens with zero attached hydrogens (tertiary/aromatic N) is 3. The number of alkyl halides is 3. The van der Waals surface area contributed by atoms with Crippen LogP contribution in [0.1, 0.15) is 38.2 Å². The molecule has 1 aliphatic heterocycles. The Kier molecular flexibility index (Phi) is 5.89. The first-order valence-corrected chi connectivity index (χ1v) is 9.59. The van der Waals surface area contributed by atoms with Gasteiger partial charge < -0.3 is 15.1 Å². The van der Waals surface area contributed by atoms with Crippen molar-refractivity contribution in [2.24, 2.45) is 5.92 Å². The molecule has 1 saturated heterocycles. The molecule has 0 unspecified atom stereocenters. The Morgan fingerprint density at radius 2 is 1.85 bits per heavy atom. The zero-order valence-electron chi connectivity index (χ0n) is 14.9. The lowest BCUT2D eigenvalue weighted by Gasteiger charge is -2.39. The molecule has 1 aliphatic carbocycles. The largest absolute Gasteiger partial charge is 0.417 e. The molecule has 2 aliphatic rings. The average molecular weight is 386 g/mol. The molecule has 144 valence electrons. The Balaban J connectivity index is 1.51. The molecule has 2 atom stereocenters. The van der Waals surface area contributed by atoms with Crippen molar-refractivity contribution in [2.75, 3.05) is 31.1 Å². The first-order chi connectivity index (χ1) is 12.3. The van der Waals surface area contributed by atoms with E-state index in [9.17, 15) is 13.2 Å². The molecule has 0 spiro atoms. The lowest BCUT2D eigenvalue weighted by atomic mass is 9.86. The Morgan fingerprint density at radius 1 is 1.15 bits per heavy atom. The lowest BCUT2D eigenvalue weighted by Crippen LogP contribution is -2.54. The zero-order chi connectivity index (χ0) is 18.7. The van der Waals surface area contributed by atoms with Gasteiger partial charge in [-0.3, -0.25) is 0 Å². The molecule has 0 amide bonds. The van der Waals surface area contributed by atoms with E-state index >= 15 is 0 Å². The lowest BCUT2D eigenvalue weighted by molar-refractivity contribution is -0.137. The first-order valence-electron chi connectivity index (χ1n) is 9.18. The molecule has 0 aromatic carbocycles. The van der Waals surface area contributed by atoms with E-state index in [1.54, 1.807) is 0 Å². The van der Waals surface area contributed by atoms with Crippen molar-refractivity contribution in [3.8, 4) is 0 Å². The average Bonchev–Trinajstić information content (AvgIpc) is 2.63. The number of hydrogen-bond acceptors (Lipinski definition) is 3. The van der Waals surface area contributed by atoms with Crippen molar-refractivity contribution in [2.45, 2.75) is 44.8 Å². The minimum absolute atomic E-state index is 0.450. The standard InChI is InChI=1S/C18H25F3N4S/c1-13-4-2-3-5-15(13)23-17(26)25-10-8-24(9-11-25)16-7-6-14(12-22-16)18(19,20)21/h6-7,12-13,15H,2-5,8-11H2,1H3,(H,23,26)/t13-,15+/m1/s1. The molecule has 1 aromatic heterocycles. The maximum atomic E-state index is 12.6. The van der Waals surface area contributed by atoms with E-state index in [0.29, 0.717) is 30.9 Å². The van der Waals surface area contributed by atoms with Crippen molar-refractivity contribution in [1.82, 2.24) is 15.2 Å². The minimum atomic E-state index is -4.35. The van der Waals surface area contributed by atoms with Crippen molar-refractivity contribution in [3.05, 3.63) is 23.9 Å². The van der Waals surface area contributed by atoms with Crippen LogP contribution in [0.15, 0.2) is 18.3 Å². The number of halogens is 3. The highest BCUT2D eigenvalue weighted by atomic mass is 32.1. The summed E-state index contributed by atoms with van der Waals surface area (Å²) >= 11 is 5.58. The number of anilines is 1. The fourth-order valence-electron chi connectivity index (χ4n) is 3.66. The van der Waals surface area contributed by atoms with Gasteiger partial charge in [-0.25, -0.2) is 4.98 Å².